The van der Waals surface area contributed by atoms with Gasteiger partial charge in [0.2, 0.25) is 11.8 Å². The first kappa shape index (κ1) is 29.8. The van der Waals surface area contributed by atoms with Crippen molar-refractivity contribution >= 4 is 35.8 Å². The van der Waals surface area contributed by atoms with E-state index in [2.05, 4.69) is 10.6 Å². The van der Waals surface area contributed by atoms with E-state index in [0.29, 0.717) is 30.5 Å². The number of hydrogen-bond acceptors (Lipinski definition) is 6. The van der Waals surface area contributed by atoms with Crippen LogP contribution in [-0.4, -0.2) is 52.3 Å². The first-order valence-corrected chi connectivity index (χ1v) is 13.5. The molecule has 0 radical (unpaired) electrons. The second-order valence-electron chi connectivity index (χ2n) is 9.91. The van der Waals surface area contributed by atoms with Crippen LogP contribution in [0, 0.1) is 0 Å². The molecule has 2 atom stereocenters. The molecule has 3 aromatic rings. The first-order chi connectivity index (χ1) is 20.2. The molecular weight excluding hydrogens is 534 g/mol. The number of rotatable bonds is 10. The molecule has 3 aromatic carbocycles. The van der Waals surface area contributed by atoms with Crippen LogP contribution in [0.1, 0.15) is 29.5 Å². The molecule has 1 aliphatic rings. The predicted molar refractivity (Wildman–Crippen MR) is 159 cm³/mol. The Kier molecular flexibility index (Phi) is 9.85. The van der Waals surface area contributed by atoms with Gasteiger partial charge in [-0.15, -0.1) is 0 Å². The van der Waals surface area contributed by atoms with Gasteiger partial charge in [0.05, 0.1) is 6.04 Å². The number of aromatic hydroxyl groups is 1. The summed E-state index contributed by atoms with van der Waals surface area (Å²) in [6.07, 6.45) is 4.13. The van der Waals surface area contributed by atoms with Gasteiger partial charge in [0.15, 0.2) is 0 Å². The number of phenolic OH excluding ortho intramolecular Hbond substituents is 1. The summed E-state index contributed by atoms with van der Waals surface area (Å²) < 4.78 is 0. The van der Waals surface area contributed by atoms with E-state index < -0.39 is 29.8 Å². The molecule has 216 valence electrons. The normalized spacial score (nSPS) is 16.0. The molecule has 0 aromatic heterocycles. The molecule has 1 fully saturated rings. The Hall–Kier alpha value is -5.22. The highest BCUT2D eigenvalue weighted by molar-refractivity contribution is 6.08. The Labute approximate surface area is 243 Å². The van der Waals surface area contributed by atoms with Gasteiger partial charge in [0.25, 0.3) is 11.8 Å². The first-order valence-electron chi connectivity index (χ1n) is 13.5. The number of hydrogen-bond donors (Lipinski definition) is 5. The van der Waals surface area contributed by atoms with Gasteiger partial charge in [-0.3, -0.25) is 19.2 Å². The van der Waals surface area contributed by atoms with Crippen molar-refractivity contribution in [2.45, 2.75) is 31.3 Å². The minimum Gasteiger partial charge on any atom is -0.508 e. The number of benzene rings is 3. The number of nitrogens with zero attached hydrogens (tertiary/aromatic N) is 1. The summed E-state index contributed by atoms with van der Waals surface area (Å²) in [7, 11) is 0. The van der Waals surface area contributed by atoms with Gasteiger partial charge in [-0.25, -0.2) is 0 Å². The van der Waals surface area contributed by atoms with Gasteiger partial charge in [0, 0.05) is 6.54 Å². The fourth-order valence-corrected chi connectivity index (χ4v) is 4.65. The largest absolute Gasteiger partial charge is 0.508 e. The fourth-order valence-electron chi connectivity index (χ4n) is 4.65. The van der Waals surface area contributed by atoms with Crippen molar-refractivity contribution < 1.29 is 24.3 Å². The van der Waals surface area contributed by atoms with Gasteiger partial charge >= 0.3 is 0 Å². The van der Waals surface area contributed by atoms with Crippen molar-refractivity contribution in [1.29, 1.82) is 0 Å². The molecule has 4 amide bonds. The molecule has 1 aliphatic heterocycles. The highest BCUT2D eigenvalue weighted by Crippen LogP contribution is 2.20. The summed E-state index contributed by atoms with van der Waals surface area (Å²) >= 11 is 0. The van der Waals surface area contributed by atoms with E-state index in [0.717, 1.165) is 5.56 Å². The van der Waals surface area contributed by atoms with Crippen molar-refractivity contribution in [1.82, 2.24) is 15.5 Å². The van der Waals surface area contributed by atoms with Crippen LogP contribution < -0.4 is 22.1 Å². The van der Waals surface area contributed by atoms with Crippen molar-refractivity contribution in [3.05, 3.63) is 113 Å². The van der Waals surface area contributed by atoms with Gasteiger partial charge in [-0.1, -0.05) is 72.8 Å². The lowest BCUT2D eigenvalue weighted by Crippen LogP contribution is -2.52. The predicted octanol–water partition coefficient (Wildman–Crippen LogP) is 2.05. The SMILES string of the molecule is NC(=O)/C(=C\c1ccccc1)NC(=O)/C(=C/c1ccccc1)NC(=O)[C@H]1CCCN1C(=O)[C@@H](N)Cc1ccc(O)cc1. The van der Waals surface area contributed by atoms with E-state index in [9.17, 15) is 24.3 Å². The van der Waals surface area contributed by atoms with E-state index in [-0.39, 0.29) is 29.5 Å². The van der Waals surface area contributed by atoms with Crippen LogP contribution in [0.2, 0.25) is 0 Å². The van der Waals surface area contributed by atoms with Crippen LogP contribution in [0.4, 0.5) is 0 Å². The van der Waals surface area contributed by atoms with E-state index in [4.69, 9.17) is 11.5 Å². The number of phenols is 1. The number of likely N-dealkylation sites (tertiary alicyclic amines) is 1. The molecule has 7 N–H and O–H groups in total. The highest BCUT2D eigenvalue weighted by atomic mass is 16.3. The lowest BCUT2D eigenvalue weighted by atomic mass is 10.0. The second-order valence-corrected chi connectivity index (χ2v) is 9.91. The van der Waals surface area contributed by atoms with Crippen LogP contribution >= 0.6 is 0 Å². The van der Waals surface area contributed by atoms with Crippen LogP contribution in [0.3, 0.4) is 0 Å². The lowest BCUT2D eigenvalue weighted by molar-refractivity contribution is -0.139. The summed E-state index contributed by atoms with van der Waals surface area (Å²) in [4.78, 5) is 53.7. The maximum absolute atomic E-state index is 13.5. The number of primary amides is 1. The smallest absolute Gasteiger partial charge is 0.272 e. The molecule has 0 saturated carbocycles. The van der Waals surface area contributed by atoms with Crippen LogP contribution in [0.25, 0.3) is 12.2 Å². The minimum atomic E-state index is -0.896. The summed E-state index contributed by atoms with van der Waals surface area (Å²) in [6.45, 7) is 0.343. The number of amides is 4. The average molecular weight is 568 g/mol. The minimum absolute atomic E-state index is 0.108. The Balaban J connectivity index is 1.52. The van der Waals surface area contributed by atoms with Crippen LogP contribution in [-0.2, 0) is 25.6 Å². The van der Waals surface area contributed by atoms with Gasteiger partial charge in [0.1, 0.15) is 23.2 Å². The molecular formula is C32H33N5O5. The maximum Gasteiger partial charge on any atom is 0.272 e. The summed E-state index contributed by atoms with van der Waals surface area (Å²) in [6, 6.07) is 22.4. The van der Waals surface area contributed by atoms with Crippen LogP contribution in [0.15, 0.2) is 96.3 Å². The summed E-state index contributed by atoms with van der Waals surface area (Å²) in [5, 5.41) is 14.7. The molecule has 42 heavy (non-hydrogen) atoms. The number of nitrogens with two attached hydrogens (primary N) is 2. The zero-order valence-corrected chi connectivity index (χ0v) is 22.9. The molecule has 4 rings (SSSR count). The number of carbonyl (C=O) groups is 4. The third-order valence-electron chi connectivity index (χ3n) is 6.78. The zero-order valence-electron chi connectivity index (χ0n) is 22.9. The van der Waals surface area contributed by atoms with Crippen LogP contribution in [0.5, 0.6) is 5.75 Å². The number of carbonyl (C=O) groups excluding carboxylic acids is 4. The van der Waals surface area contributed by atoms with Gasteiger partial charge in [-0.05, 0) is 60.2 Å². The van der Waals surface area contributed by atoms with Crippen molar-refractivity contribution in [3.63, 3.8) is 0 Å². The molecule has 0 spiro atoms. The Bertz CT molecular complexity index is 1490. The Morgan fingerprint density at radius 1 is 0.857 bits per heavy atom. The van der Waals surface area contributed by atoms with E-state index >= 15 is 0 Å². The molecule has 0 aliphatic carbocycles. The third-order valence-corrected chi connectivity index (χ3v) is 6.78. The third kappa shape index (κ3) is 7.92. The van der Waals surface area contributed by atoms with Crippen molar-refractivity contribution in [2.75, 3.05) is 6.54 Å². The average Bonchev–Trinajstić information content (AvgIpc) is 3.48. The van der Waals surface area contributed by atoms with Crippen molar-refractivity contribution in [2.24, 2.45) is 11.5 Å². The molecule has 0 unspecified atom stereocenters. The Morgan fingerprint density at radius 3 is 2.00 bits per heavy atom. The van der Waals surface area contributed by atoms with E-state index in [1.165, 1.54) is 29.2 Å². The molecule has 0 bridgehead atoms. The fraction of sp³-hybridized carbons (Fsp3) is 0.188. The summed E-state index contributed by atoms with van der Waals surface area (Å²) in [5.41, 5.74) is 13.5. The topological polar surface area (TPSA) is 168 Å². The monoisotopic (exact) mass is 567 g/mol. The molecule has 10 nitrogen and oxygen atoms in total. The lowest BCUT2D eigenvalue weighted by Gasteiger charge is -2.27. The molecule has 1 heterocycles. The maximum atomic E-state index is 13.5. The standard InChI is InChI=1S/C32H33N5O5/c33-25(18-23-13-15-24(38)16-14-23)32(42)37-17-7-12-28(37)31(41)36-27(20-22-10-5-2-6-11-22)30(40)35-26(29(34)39)19-21-8-3-1-4-9-21/h1-6,8-11,13-16,19-20,25,28,38H,7,12,17-18,33H2,(H2,34,39)(H,35,40)(H,36,41)/b26-19+,27-20-/t25-,28+/m0/s1. The molecule has 10 heteroatoms. The van der Waals surface area contributed by atoms with E-state index in [1.807, 2.05) is 12.1 Å². The van der Waals surface area contributed by atoms with E-state index in [1.54, 1.807) is 60.7 Å². The quantitative estimate of drug-likeness (QED) is 0.235. The highest BCUT2D eigenvalue weighted by Gasteiger charge is 2.37. The number of nitrogens with one attached hydrogen (secondary N) is 2. The zero-order chi connectivity index (χ0) is 30.1. The van der Waals surface area contributed by atoms with Gasteiger partial charge in [-0.2, -0.15) is 0 Å². The Morgan fingerprint density at radius 2 is 1.43 bits per heavy atom. The summed E-state index contributed by atoms with van der Waals surface area (Å²) in [5.74, 6) is -2.44. The molecule has 1 saturated heterocycles. The second kappa shape index (κ2) is 13.9. The van der Waals surface area contributed by atoms with Crippen molar-refractivity contribution in [3.8, 4) is 5.75 Å². The van der Waals surface area contributed by atoms with Gasteiger partial charge < -0.3 is 32.1 Å².